The van der Waals surface area contributed by atoms with Gasteiger partial charge in [-0.15, -0.1) is 0 Å². The van der Waals surface area contributed by atoms with Crippen LogP contribution in [-0.2, 0) is 14.3 Å². The van der Waals surface area contributed by atoms with Crippen molar-refractivity contribution in [2.45, 2.75) is 84.3 Å². The van der Waals surface area contributed by atoms with E-state index in [1.807, 2.05) is 32.1 Å². The van der Waals surface area contributed by atoms with Crippen LogP contribution in [0.25, 0.3) is 0 Å². The fraction of sp³-hybridized carbons (Fsp3) is 0.739. The Balaban J connectivity index is 2.60. The number of ketones is 1. The van der Waals surface area contributed by atoms with Gasteiger partial charge in [0.25, 0.3) is 0 Å². The molecule has 0 aromatic carbocycles. The van der Waals surface area contributed by atoms with E-state index in [2.05, 4.69) is 11.7 Å². The average molecular weight is 395 g/mol. The number of methoxy groups -OCH3 is 1. The van der Waals surface area contributed by atoms with Crippen LogP contribution in [0.1, 0.15) is 72.1 Å². The van der Waals surface area contributed by atoms with Crippen LogP contribution < -0.4 is 0 Å². The van der Waals surface area contributed by atoms with Crippen molar-refractivity contribution in [2.75, 3.05) is 7.11 Å². The average Bonchev–Trinajstić information content (AvgIpc) is 2.93. The fourth-order valence-corrected chi connectivity index (χ4v) is 3.63. The highest BCUT2D eigenvalue weighted by Gasteiger charge is 2.39. The number of hydrogen-bond donors (Lipinski definition) is 2. The van der Waals surface area contributed by atoms with Crippen LogP contribution in [0, 0.1) is 17.3 Å². The summed E-state index contributed by atoms with van der Waals surface area (Å²) in [6, 6.07) is 0. The summed E-state index contributed by atoms with van der Waals surface area (Å²) in [5.74, 6) is -0.660. The van der Waals surface area contributed by atoms with Gasteiger partial charge in [-0.2, -0.15) is 0 Å². The van der Waals surface area contributed by atoms with Gasteiger partial charge in [0.15, 0.2) is 0 Å². The van der Waals surface area contributed by atoms with E-state index < -0.39 is 12.2 Å². The predicted octanol–water partition coefficient (Wildman–Crippen LogP) is 3.98. The summed E-state index contributed by atoms with van der Waals surface area (Å²) in [4.78, 5) is 23.4. The monoisotopic (exact) mass is 394 g/mol. The highest BCUT2D eigenvalue weighted by molar-refractivity contribution is 5.84. The molecule has 160 valence electrons. The molecule has 1 fully saturated rings. The molecule has 0 heterocycles. The first-order chi connectivity index (χ1) is 13.2. The molecule has 1 aliphatic rings. The van der Waals surface area contributed by atoms with Crippen molar-refractivity contribution in [1.82, 2.24) is 0 Å². The summed E-state index contributed by atoms with van der Waals surface area (Å²) in [5.41, 5.74) is -0.227. The van der Waals surface area contributed by atoms with E-state index in [9.17, 15) is 19.8 Å². The Morgan fingerprint density at radius 2 is 2.04 bits per heavy atom. The van der Waals surface area contributed by atoms with Gasteiger partial charge in [-0.1, -0.05) is 57.9 Å². The van der Waals surface area contributed by atoms with Crippen molar-refractivity contribution in [1.29, 1.82) is 0 Å². The number of aliphatic hydroxyl groups is 2. The first-order valence-corrected chi connectivity index (χ1v) is 10.5. The number of carbonyl (C=O) groups excluding carboxylic acids is 2. The zero-order valence-electron chi connectivity index (χ0n) is 17.9. The third-order valence-electron chi connectivity index (χ3n) is 5.76. The van der Waals surface area contributed by atoms with Gasteiger partial charge in [-0.25, -0.2) is 0 Å². The molecule has 1 rings (SSSR count). The number of Topliss-reactive ketones (excluding diaryl/α,β-unsaturated/α-hetero) is 1. The fourth-order valence-electron chi connectivity index (χ4n) is 3.63. The number of ether oxygens (including phenoxy) is 1. The molecule has 0 aromatic rings. The minimum Gasteiger partial charge on any atom is -0.469 e. The van der Waals surface area contributed by atoms with Crippen LogP contribution in [-0.4, -0.2) is 41.3 Å². The molecule has 5 heteroatoms. The quantitative estimate of drug-likeness (QED) is 0.297. The van der Waals surface area contributed by atoms with Crippen LogP contribution in [0.5, 0.6) is 0 Å². The molecule has 0 amide bonds. The molecule has 4 atom stereocenters. The molecule has 28 heavy (non-hydrogen) atoms. The predicted molar refractivity (Wildman–Crippen MR) is 111 cm³/mol. The number of unbranched alkanes of at least 4 members (excludes halogenated alkanes) is 2. The number of hydrogen-bond acceptors (Lipinski definition) is 5. The van der Waals surface area contributed by atoms with Crippen LogP contribution in [0.3, 0.4) is 0 Å². The number of carbonyl (C=O) groups is 2. The third kappa shape index (κ3) is 7.88. The van der Waals surface area contributed by atoms with E-state index >= 15 is 0 Å². The Morgan fingerprint density at radius 1 is 1.32 bits per heavy atom. The van der Waals surface area contributed by atoms with Crippen LogP contribution in [0.2, 0.25) is 0 Å². The highest BCUT2D eigenvalue weighted by Crippen LogP contribution is 2.35. The van der Waals surface area contributed by atoms with Gasteiger partial charge in [-0.3, -0.25) is 9.59 Å². The Morgan fingerprint density at radius 3 is 2.68 bits per heavy atom. The second-order valence-electron chi connectivity index (χ2n) is 8.52. The van der Waals surface area contributed by atoms with Crippen molar-refractivity contribution in [2.24, 2.45) is 17.3 Å². The summed E-state index contributed by atoms with van der Waals surface area (Å²) < 4.78 is 4.61. The lowest BCUT2D eigenvalue weighted by Crippen LogP contribution is -2.28. The molecule has 5 nitrogen and oxygen atoms in total. The molecule has 0 radical (unpaired) electrons. The zero-order valence-corrected chi connectivity index (χ0v) is 17.9. The zero-order chi connectivity index (χ0) is 21.2. The molecule has 0 bridgehead atoms. The van der Waals surface area contributed by atoms with E-state index in [1.54, 1.807) is 6.08 Å². The molecule has 0 spiro atoms. The van der Waals surface area contributed by atoms with Crippen molar-refractivity contribution in [3.63, 3.8) is 0 Å². The van der Waals surface area contributed by atoms with Gasteiger partial charge in [0.2, 0.25) is 0 Å². The highest BCUT2D eigenvalue weighted by atomic mass is 16.5. The molecular formula is C23H38O5. The maximum absolute atomic E-state index is 12.3. The number of rotatable bonds is 12. The normalized spacial score (nSPS) is 24.4. The smallest absolute Gasteiger partial charge is 0.305 e. The topological polar surface area (TPSA) is 83.8 Å². The molecule has 1 aliphatic carbocycles. The van der Waals surface area contributed by atoms with Crippen molar-refractivity contribution >= 4 is 11.8 Å². The molecule has 2 N–H and O–H groups in total. The summed E-state index contributed by atoms with van der Waals surface area (Å²) in [7, 11) is 1.38. The standard InChI is InChI=1S/C23H38O5/c1-5-6-15-23(2,3)21(26)14-13-18-17(19(24)16-20(18)25)11-9-7-8-10-12-22(27)28-4/h7,9,13-14,17-18,20-21,25-26H,5-6,8,10-12,15-16H2,1-4H3/b9-7-,14-13+/t17-,18-,20-,21+/m1/s1. The van der Waals surface area contributed by atoms with Crippen LogP contribution in [0.15, 0.2) is 24.3 Å². The van der Waals surface area contributed by atoms with Gasteiger partial charge in [0, 0.05) is 24.7 Å². The molecule has 0 aliphatic heterocycles. The van der Waals surface area contributed by atoms with Gasteiger partial charge in [0.05, 0.1) is 19.3 Å². The Labute approximate surface area is 169 Å². The lowest BCUT2D eigenvalue weighted by molar-refractivity contribution is -0.140. The number of aliphatic hydroxyl groups excluding tert-OH is 2. The van der Waals surface area contributed by atoms with E-state index in [0.29, 0.717) is 19.3 Å². The molecule has 1 saturated carbocycles. The Hall–Kier alpha value is -1.46. The first-order valence-electron chi connectivity index (χ1n) is 10.5. The Bertz CT molecular complexity index is 549. The van der Waals surface area contributed by atoms with Crippen LogP contribution in [0.4, 0.5) is 0 Å². The summed E-state index contributed by atoms with van der Waals surface area (Å²) in [5, 5.41) is 20.8. The van der Waals surface area contributed by atoms with Crippen molar-refractivity contribution < 1.29 is 24.5 Å². The van der Waals surface area contributed by atoms with Crippen LogP contribution >= 0.6 is 0 Å². The molecule has 0 saturated heterocycles. The summed E-state index contributed by atoms with van der Waals surface area (Å²) in [6.07, 6.45) is 11.9. The summed E-state index contributed by atoms with van der Waals surface area (Å²) in [6.45, 7) is 6.22. The van der Waals surface area contributed by atoms with Gasteiger partial charge in [0.1, 0.15) is 5.78 Å². The van der Waals surface area contributed by atoms with Crippen molar-refractivity contribution in [3.05, 3.63) is 24.3 Å². The van der Waals surface area contributed by atoms with Gasteiger partial charge >= 0.3 is 5.97 Å². The minimum atomic E-state index is -0.688. The first kappa shape index (κ1) is 24.6. The Kier molecular flexibility index (Phi) is 10.7. The molecule has 0 unspecified atom stereocenters. The lowest BCUT2D eigenvalue weighted by atomic mass is 9.80. The van der Waals surface area contributed by atoms with Gasteiger partial charge < -0.3 is 14.9 Å². The van der Waals surface area contributed by atoms with E-state index in [0.717, 1.165) is 25.7 Å². The second-order valence-corrected chi connectivity index (χ2v) is 8.52. The third-order valence-corrected chi connectivity index (χ3v) is 5.76. The summed E-state index contributed by atoms with van der Waals surface area (Å²) >= 11 is 0. The van der Waals surface area contributed by atoms with E-state index in [1.165, 1.54) is 7.11 Å². The van der Waals surface area contributed by atoms with E-state index in [-0.39, 0.29) is 35.4 Å². The largest absolute Gasteiger partial charge is 0.469 e. The lowest BCUT2D eigenvalue weighted by Gasteiger charge is -2.29. The SMILES string of the molecule is CCCCC(C)(C)[C@@H](O)/C=C/[C@H]1[C@H](O)CC(=O)[C@@H]1C/C=C\CCCC(=O)OC. The molecular weight excluding hydrogens is 356 g/mol. The maximum atomic E-state index is 12.3. The van der Waals surface area contributed by atoms with Crippen molar-refractivity contribution in [3.8, 4) is 0 Å². The molecule has 0 aromatic heterocycles. The minimum absolute atomic E-state index is 0.0705. The maximum Gasteiger partial charge on any atom is 0.305 e. The second kappa shape index (κ2) is 12.2. The number of allylic oxidation sites excluding steroid dienone is 2. The van der Waals surface area contributed by atoms with Gasteiger partial charge in [-0.05, 0) is 31.1 Å². The van der Waals surface area contributed by atoms with E-state index in [4.69, 9.17) is 0 Å². The number of esters is 1.